The van der Waals surface area contributed by atoms with Crippen molar-refractivity contribution in [3.63, 3.8) is 0 Å². The van der Waals surface area contributed by atoms with Gasteiger partial charge in [-0.25, -0.2) is 21.1 Å². The van der Waals surface area contributed by atoms with Crippen molar-refractivity contribution in [3.05, 3.63) is 115 Å². The van der Waals surface area contributed by atoms with Gasteiger partial charge in [0.05, 0.1) is 0 Å². The van der Waals surface area contributed by atoms with E-state index in [1.54, 1.807) is 6.20 Å². The zero-order valence-corrected chi connectivity index (χ0v) is 22.2. The Bertz CT molecular complexity index is 1660. The first kappa shape index (κ1) is 24.0. The summed E-state index contributed by atoms with van der Waals surface area (Å²) >= 11 is 0. The van der Waals surface area contributed by atoms with Crippen molar-refractivity contribution in [2.24, 2.45) is 0 Å². The Morgan fingerprint density at radius 1 is 0.750 bits per heavy atom. The first-order chi connectivity index (χ1) is 17.2. The van der Waals surface area contributed by atoms with Gasteiger partial charge in [-0.05, 0) is 46.6 Å². The third kappa shape index (κ3) is 4.45. The smallest absolute Gasteiger partial charge is 0.460 e. The second-order valence-corrected chi connectivity index (χ2v) is 8.79. The minimum Gasteiger partial charge on any atom is -0.460 e. The van der Waals surface area contributed by atoms with E-state index < -0.39 is 0 Å². The molecular weight excluding hydrogens is 625 g/mol. The van der Waals surface area contributed by atoms with E-state index in [1.807, 2.05) is 42.6 Å². The Morgan fingerprint density at radius 2 is 1.58 bits per heavy atom. The van der Waals surface area contributed by atoms with Crippen LogP contribution in [0.5, 0.6) is 11.6 Å². The average molecular weight is 649 g/mol. The number of pyridine rings is 2. The molecule has 0 spiro atoms. The van der Waals surface area contributed by atoms with Crippen molar-refractivity contribution in [1.82, 2.24) is 14.5 Å². The van der Waals surface area contributed by atoms with E-state index >= 15 is 0 Å². The van der Waals surface area contributed by atoms with E-state index in [1.165, 1.54) is 10.9 Å². The molecule has 3 heterocycles. The summed E-state index contributed by atoms with van der Waals surface area (Å²) in [5.74, 6) is 2.46. The Balaban J connectivity index is 0.00000267. The van der Waals surface area contributed by atoms with Gasteiger partial charge in [-0.15, -0.1) is 18.2 Å². The van der Waals surface area contributed by atoms with Gasteiger partial charge in [0.15, 0.2) is 0 Å². The molecule has 5 heteroatoms. The predicted molar refractivity (Wildman–Crippen MR) is 140 cm³/mol. The Hall–Kier alpha value is -3.75. The second-order valence-electron chi connectivity index (χ2n) is 8.79. The second kappa shape index (κ2) is 10.1. The summed E-state index contributed by atoms with van der Waals surface area (Å²) in [5, 5.41) is 2.32. The summed E-state index contributed by atoms with van der Waals surface area (Å²) in [6, 6.07) is 35.4. The van der Waals surface area contributed by atoms with Crippen molar-refractivity contribution in [3.8, 4) is 28.6 Å². The summed E-state index contributed by atoms with van der Waals surface area (Å²) in [6.45, 7) is 4.40. The summed E-state index contributed by atoms with van der Waals surface area (Å²) < 4.78 is 8.11. The third-order valence-electron chi connectivity index (χ3n) is 6.16. The fourth-order valence-electron chi connectivity index (χ4n) is 4.39. The van der Waals surface area contributed by atoms with E-state index in [-0.39, 0.29) is 21.1 Å². The summed E-state index contributed by atoms with van der Waals surface area (Å²) in [6.07, 6.45) is 3.60. The number of nitrogens with zero attached hydrogens (tertiary/aromatic N) is 3. The van der Waals surface area contributed by atoms with Crippen LogP contribution in [-0.4, -0.2) is 14.5 Å². The van der Waals surface area contributed by atoms with Crippen LogP contribution in [0.3, 0.4) is 0 Å². The molecule has 0 saturated carbocycles. The molecule has 178 valence electrons. The maximum atomic E-state index is 5.91. The summed E-state index contributed by atoms with van der Waals surface area (Å²) in [5.41, 5.74) is 5.20. The Morgan fingerprint density at radius 3 is 2.42 bits per heavy atom. The number of para-hydroxylation sites is 1. The van der Waals surface area contributed by atoms with Crippen LogP contribution in [0.25, 0.3) is 38.8 Å². The normalized spacial score (nSPS) is 11.1. The molecule has 0 radical (unpaired) electrons. The van der Waals surface area contributed by atoms with E-state index in [9.17, 15) is 0 Å². The molecule has 0 bridgehead atoms. The fourth-order valence-corrected chi connectivity index (χ4v) is 4.39. The number of hydrogen-bond acceptors (Lipinski definition) is 3. The van der Waals surface area contributed by atoms with Crippen LogP contribution in [0.1, 0.15) is 25.3 Å². The van der Waals surface area contributed by atoms with Crippen LogP contribution in [0, 0.1) is 12.1 Å². The Labute approximate surface area is 224 Å². The molecule has 36 heavy (non-hydrogen) atoms. The standard InChI is InChI=1S/C31H23N3O.Pt/c1-21(2)22-15-17-32-30(20-22)34-28-11-4-3-10-26(28)27-14-13-24(19-29(27)34)23-8-7-9-25(18-23)35-31-12-5-6-16-33-31;/h3-17,20-21H,1-2H3;/q-2;+2. The fraction of sp³-hybridized carbons (Fsp3) is 0.0968. The SMILES string of the molecule is CC(C)c1ccnc(-n2c3[c-]c(-c4[c-]c(Oc5ccccn5)ccc4)ccc3c3ccccc32)c1.[Pt+2]. The number of aromatic nitrogens is 3. The zero-order chi connectivity index (χ0) is 23.8. The molecule has 0 fully saturated rings. The maximum absolute atomic E-state index is 5.91. The van der Waals surface area contributed by atoms with Crippen LogP contribution in [0.15, 0.2) is 97.3 Å². The monoisotopic (exact) mass is 648 g/mol. The largest absolute Gasteiger partial charge is 2.00 e. The molecule has 0 aliphatic carbocycles. The van der Waals surface area contributed by atoms with Gasteiger partial charge in [0, 0.05) is 29.7 Å². The molecule has 6 aromatic rings. The molecule has 0 atom stereocenters. The average Bonchev–Trinajstić information content (AvgIpc) is 3.23. The maximum Gasteiger partial charge on any atom is 2.00 e. The number of fused-ring (bicyclic) bond motifs is 3. The summed E-state index contributed by atoms with van der Waals surface area (Å²) in [7, 11) is 0. The molecule has 0 amide bonds. The van der Waals surface area contributed by atoms with Crippen LogP contribution in [-0.2, 0) is 21.1 Å². The number of benzene rings is 3. The van der Waals surface area contributed by atoms with Crippen molar-refractivity contribution < 1.29 is 25.8 Å². The topological polar surface area (TPSA) is 39.9 Å². The molecule has 0 saturated heterocycles. The minimum atomic E-state index is 0. The van der Waals surface area contributed by atoms with Crippen LogP contribution < -0.4 is 4.74 Å². The van der Waals surface area contributed by atoms with Gasteiger partial charge in [-0.1, -0.05) is 43.5 Å². The van der Waals surface area contributed by atoms with E-state index in [0.717, 1.165) is 33.4 Å². The molecule has 3 aromatic carbocycles. The van der Waals surface area contributed by atoms with E-state index in [4.69, 9.17) is 9.72 Å². The van der Waals surface area contributed by atoms with Crippen molar-refractivity contribution in [1.29, 1.82) is 0 Å². The van der Waals surface area contributed by atoms with Crippen molar-refractivity contribution in [2.45, 2.75) is 19.8 Å². The molecule has 0 N–H and O–H groups in total. The molecule has 4 nitrogen and oxygen atoms in total. The first-order valence-corrected chi connectivity index (χ1v) is 11.7. The van der Waals surface area contributed by atoms with Crippen LogP contribution in [0.4, 0.5) is 0 Å². The van der Waals surface area contributed by atoms with Gasteiger partial charge in [0.2, 0.25) is 5.88 Å². The number of ether oxygens (including phenoxy) is 1. The quantitative estimate of drug-likeness (QED) is 0.180. The third-order valence-corrected chi connectivity index (χ3v) is 6.16. The molecular formula is C31H23N3OPt. The van der Waals surface area contributed by atoms with Crippen LogP contribution >= 0.6 is 0 Å². The van der Waals surface area contributed by atoms with Crippen molar-refractivity contribution >= 4 is 21.8 Å². The molecule has 0 aliphatic rings. The van der Waals surface area contributed by atoms with Gasteiger partial charge in [-0.3, -0.25) is 0 Å². The van der Waals surface area contributed by atoms with Gasteiger partial charge < -0.3 is 9.30 Å². The predicted octanol–water partition coefficient (Wildman–Crippen LogP) is 7.75. The number of hydrogen-bond donors (Lipinski definition) is 0. The minimum absolute atomic E-state index is 0. The van der Waals surface area contributed by atoms with E-state index in [2.05, 4.69) is 84.1 Å². The molecule has 6 rings (SSSR count). The Kier molecular flexibility index (Phi) is 6.71. The van der Waals surface area contributed by atoms with Gasteiger partial charge in [-0.2, -0.15) is 24.3 Å². The molecule has 0 unspecified atom stereocenters. The van der Waals surface area contributed by atoms with Gasteiger partial charge >= 0.3 is 21.1 Å². The van der Waals surface area contributed by atoms with E-state index in [0.29, 0.717) is 17.5 Å². The van der Waals surface area contributed by atoms with Gasteiger partial charge in [0.25, 0.3) is 0 Å². The summed E-state index contributed by atoms with van der Waals surface area (Å²) in [4.78, 5) is 8.98. The molecule has 0 aliphatic heterocycles. The first-order valence-electron chi connectivity index (χ1n) is 11.7. The van der Waals surface area contributed by atoms with Crippen molar-refractivity contribution in [2.75, 3.05) is 0 Å². The zero-order valence-electron chi connectivity index (χ0n) is 19.9. The number of rotatable bonds is 5. The van der Waals surface area contributed by atoms with Gasteiger partial charge in [0.1, 0.15) is 5.82 Å². The van der Waals surface area contributed by atoms with Crippen LogP contribution in [0.2, 0.25) is 0 Å². The molecule has 3 aromatic heterocycles.